The predicted molar refractivity (Wildman–Crippen MR) is 53.8 cm³/mol. The van der Waals surface area contributed by atoms with E-state index in [1.54, 1.807) is 31.2 Å². The quantitative estimate of drug-likeness (QED) is 0.589. The van der Waals surface area contributed by atoms with Gasteiger partial charge in [-0.15, -0.1) is 0 Å². The Balaban J connectivity index is 3.15. The van der Waals surface area contributed by atoms with Crippen molar-refractivity contribution in [2.75, 3.05) is 7.11 Å². The molecule has 0 saturated heterocycles. The van der Waals surface area contributed by atoms with Crippen molar-refractivity contribution in [2.45, 2.75) is 6.92 Å². The number of hydrogen-bond acceptors (Lipinski definition) is 3. The van der Waals surface area contributed by atoms with Crippen molar-refractivity contribution >= 4 is 5.78 Å². The SMILES string of the molecule is C/C=C/C(=O)c1cccc(OC)c1O. The van der Waals surface area contributed by atoms with E-state index in [4.69, 9.17) is 4.74 Å². The molecule has 0 aliphatic carbocycles. The predicted octanol–water partition coefficient (Wildman–Crippen LogP) is 2.16. The second-order valence-corrected chi connectivity index (χ2v) is 2.72. The average molecular weight is 192 g/mol. The first kappa shape index (κ1) is 10.3. The van der Waals surface area contributed by atoms with Gasteiger partial charge in [-0.1, -0.05) is 12.1 Å². The lowest BCUT2D eigenvalue weighted by Gasteiger charge is -2.05. The third kappa shape index (κ3) is 1.93. The Labute approximate surface area is 82.6 Å². The summed E-state index contributed by atoms with van der Waals surface area (Å²) < 4.78 is 4.89. The number of phenols is 1. The molecule has 74 valence electrons. The van der Waals surface area contributed by atoms with Gasteiger partial charge in [-0.05, 0) is 25.1 Å². The van der Waals surface area contributed by atoms with Crippen LogP contribution < -0.4 is 4.74 Å². The van der Waals surface area contributed by atoms with Crippen molar-refractivity contribution in [3.05, 3.63) is 35.9 Å². The Morgan fingerprint density at radius 3 is 2.79 bits per heavy atom. The lowest BCUT2D eigenvalue weighted by Crippen LogP contribution is -1.96. The minimum absolute atomic E-state index is 0.113. The molecule has 0 radical (unpaired) electrons. The van der Waals surface area contributed by atoms with Crippen LogP contribution in [-0.4, -0.2) is 18.0 Å². The van der Waals surface area contributed by atoms with E-state index in [9.17, 15) is 9.90 Å². The van der Waals surface area contributed by atoms with E-state index in [0.29, 0.717) is 5.75 Å². The number of rotatable bonds is 3. The normalized spacial score (nSPS) is 10.4. The molecule has 1 aromatic carbocycles. The molecule has 0 saturated carbocycles. The fraction of sp³-hybridized carbons (Fsp3) is 0.182. The van der Waals surface area contributed by atoms with E-state index in [0.717, 1.165) is 0 Å². The zero-order valence-electron chi connectivity index (χ0n) is 8.15. The number of phenolic OH excluding ortho intramolecular Hbond substituents is 1. The van der Waals surface area contributed by atoms with Crippen LogP contribution in [0.3, 0.4) is 0 Å². The molecule has 0 heterocycles. The fourth-order valence-corrected chi connectivity index (χ4v) is 1.13. The van der Waals surface area contributed by atoms with Crippen LogP contribution in [0, 0.1) is 0 Å². The Morgan fingerprint density at radius 1 is 1.50 bits per heavy atom. The lowest BCUT2D eigenvalue weighted by molar-refractivity contribution is 0.104. The van der Waals surface area contributed by atoms with E-state index >= 15 is 0 Å². The van der Waals surface area contributed by atoms with Crippen LogP contribution in [0.15, 0.2) is 30.4 Å². The van der Waals surface area contributed by atoms with Crippen LogP contribution in [0.4, 0.5) is 0 Å². The van der Waals surface area contributed by atoms with E-state index in [-0.39, 0.29) is 17.1 Å². The van der Waals surface area contributed by atoms with Crippen molar-refractivity contribution in [3.8, 4) is 11.5 Å². The fourth-order valence-electron chi connectivity index (χ4n) is 1.13. The molecular weight excluding hydrogens is 180 g/mol. The van der Waals surface area contributed by atoms with E-state index in [1.807, 2.05) is 0 Å². The molecule has 0 fully saturated rings. The van der Waals surface area contributed by atoms with Gasteiger partial charge < -0.3 is 9.84 Å². The molecule has 0 aliphatic heterocycles. The number of hydrogen-bond donors (Lipinski definition) is 1. The molecule has 1 N–H and O–H groups in total. The minimum Gasteiger partial charge on any atom is -0.504 e. The first-order valence-corrected chi connectivity index (χ1v) is 4.23. The number of allylic oxidation sites excluding steroid dienone is 2. The van der Waals surface area contributed by atoms with E-state index in [2.05, 4.69) is 0 Å². The highest BCUT2D eigenvalue weighted by atomic mass is 16.5. The third-order valence-electron chi connectivity index (χ3n) is 1.80. The second-order valence-electron chi connectivity index (χ2n) is 2.72. The number of aromatic hydroxyl groups is 1. The summed E-state index contributed by atoms with van der Waals surface area (Å²) in [5.74, 6) is -0.0395. The smallest absolute Gasteiger partial charge is 0.189 e. The Hall–Kier alpha value is -1.77. The maximum Gasteiger partial charge on any atom is 0.189 e. The van der Waals surface area contributed by atoms with Crippen LogP contribution in [0.2, 0.25) is 0 Å². The third-order valence-corrected chi connectivity index (χ3v) is 1.80. The summed E-state index contributed by atoms with van der Waals surface area (Å²) in [6.45, 7) is 1.75. The lowest BCUT2D eigenvalue weighted by atomic mass is 10.1. The van der Waals surface area contributed by atoms with Crippen molar-refractivity contribution in [1.29, 1.82) is 0 Å². The largest absolute Gasteiger partial charge is 0.504 e. The van der Waals surface area contributed by atoms with Crippen LogP contribution in [-0.2, 0) is 0 Å². The molecule has 1 aromatic rings. The summed E-state index contributed by atoms with van der Waals surface area (Å²) in [6.07, 6.45) is 3.02. The number of benzene rings is 1. The van der Waals surface area contributed by atoms with E-state index < -0.39 is 0 Å². The highest BCUT2D eigenvalue weighted by Gasteiger charge is 2.11. The first-order valence-electron chi connectivity index (χ1n) is 4.23. The molecule has 14 heavy (non-hydrogen) atoms. The number of methoxy groups -OCH3 is 1. The maximum absolute atomic E-state index is 11.4. The highest BCUT2D eigenvalue weighted by molar-refractivity contribution is 6.06. The standard InChI is InChI=1S/C11H12O3/c1-3-5-9(12)8-6-4-7-10(14-2)11(8)13/h3-7,13H,1-2H3/b5-3+. The summed E-state index contributed by atoms with van der Waals surface area (Å²) in [7, 11) is 1.44. The number of ketones is 1. The monoisotopic (exact) mass is 192 g/mol. The molecule has 0 unspecified atom stereocenters. The molecule has 3 nitrogen and oxygen atoms in total. The zero-order chi connectivity index (χ0) is 10.6. The molecule has 1 rings (SSSR count). The summed E-state index contributed by atoms with van der Waals surface area (Å²) in [5.41, 5.74) is 0.252. The van der Waals surface area contributed by atoms with E-state index in [1.165, 1.54) is 13.2 Å². The van der Waals surface area contributed by atoms with Crippen molar-refractivity contribution in [3.63, 3.8) is 0 Å². The van der Waals surface area contributed by atoms with Gasteiger partial charge in [0.25, 0.3) is 0 Å². The molecule has 0 spiro atoms. The average Bonchev–Trinajstić information content (AvgIpc) is 2.18. The molecule has 3 heteroatoms. The molecule has 0 amide bonds. The second kappa shape index (κ2) is 4.46. The topological polar surface area (TPSA) is 46.5 Å². The van der Waals surface area contributed by atoms with Gasteiger partial charge in [-0.2, -0.15) is 0 Å². The maximum atomic E-state index is 11.4. The molecular formula is C11H12O3. The van der Waals surface area contributed by atoms with Gasteiger partial charge in [-0.25, -0.2) is 0 Å². The van der Waals surface area contributed by atoms with Gasteiger partial charge in [0.1, 0.15) is 0 Å². The van der Waals surface area contributed by atoms with Gasteiger partial charge >= 0.3 is 0 Å². The molecule has 0 atom stereocenters. The van der Waals surface area contributed by atoms with Crippen LogP contribution in [0.1, 0.15) is 17.3 Å². The minimum atomic E-state index is -0.232. The van der Waals surface area contributed by atoms with Crippen LogP contribution in [0.5, 0.6) is 11.5 Å². The van der Waals surface area contributed by atoms with Gasteiger partial charge in [-0.3, -0.25) is 4.79 Å². The molecule has 0 bridgehead atoms. The number of carbonyl (C=O) groups excluding carboxylic acids is 1. The zero-order valence-corrected chi connectivity index (χ0v) is 8.15. The summed E-state index contributed by atoms with van der Waals surface area (Å²) in [4.78, 5) is 11.4. The summed E-state index contributed by atoms with van der Waals surface area (Å²) in [6, 6.07) is 4.82. The number of ether oxygens (including phenoxy) is 1. The van der Waals surface area contributed by atoms with Gasteiger partial charge in [0.15, 0.2) is 17.3 Å². The molecule has 0 aromatic heterocycles. The first-order chi connectivity index (χ1) is 6.70. The van der Waals surface area contributed by atoms with Gasteiger partial charge in [0.05, 0.1) is 12.7 Å². The van der Waals surface area contributed by atoms with Gasteiger partial charge in [0, 0.05) is 0 Å². The highest BCUT2D eigenvalue weighted by Crippen LogP contribution is 2.29. The van der Waals surface area contributed by atoms with Crippen LogP contribution >= 0.6 is 0 Å². The molecule has 0 aliphatic rings. The van der Waals surface area contributed by atoms with Crippen molar-refractivity contribution in [1.82, 2.24) is 0 Å². The van der Waals surface area contributed by atoms with Crippen molar-refractivity contribution in [2.24, 2.45) is 0 Å². The Kier molecular flexibility index (Phi) is 3.29. The summed E-state index contributed by atoms with van der Waals surface area (Å²) in [5, 5.41) is 9.61. The Bertz CT molecular complexity index is 367. The number of carbonyl (C=O) groups is 1. The van der Waals surface area contributed by atoms with Gasteiger partial charge in [0.2, 0.25) is 0 Å². The van der Waals surface area contributed by atoms with Crippen LogP contribution in [0.25, 0.3) is 0 Å². The number of para-hydroxylation sites is 1. The summed E-state index contributed by atoms with van der Waals surface area (Å²) >= 11 is 0. The van der Waals surface area contributed by atoms with Crippen molar-refractivity contribution < 1.29 is 14.6 Å². The Morgan fingerprint density at radius 2 is 2.21 bits per heavy atom.